The van der Waals surface area contributed by atoms with Crippen molar-refractivity contribution in [2.24, 2.45) is 17.8 Å². The highest BCUT2D eigenvalue weighted by Crippen LogP contribution is 2.48. The normalized spacial score (nSPS) is 28.2. The van der Waals surface area contributed by atoms with E-state index in [1.165, 1.54) is 37.8 Å². The molecule has 2 aliphatic rings. The second-order valence-corrected chi connectivity index (χ2v) is 6.70. The second kappa shape index (κ2) is 5.65. The van der Waals surface area contributed by atoms with Gasteiger partial charge in [0.15, 0.2) is 0 Å². The number of rotatable bonds is 5. The van der Waals surface area contributed by atoms with Crippen LogP contribution in [-0.4, -0.2) is 25.6 Å². The first-order chi connectivity index (χ1) is 9.65. The first kappa shape index (κ1) is 13.7. The Morgan fingerprint density at radius 2 is 2.15 bits per heavy atom. The Morgan fingerprint density at radius 3 is 2.80 bits per heavy atom. The molecule has 0 radical (unpaired) electrons. The molecule has 3 unspecified atom stereocenters. The molecule has 20 heavy (non-hydrogen) atoms. The third-order valence-electron chi connectivity index (χ3n) is 5.22. The quantitative estimate of drug-likeness (QED) is 0.838. The number of anilines is 1. The third kappa shape index (κ3) is 2.78. The van der Waals surface area contributed by atoms with Crippen molar-refractivity contribution in [3.63, 3.8) is 0 Å². The minimum Gasteiger partial charge on any atom is -0.497 e. The van der Waals surface area contributed by atoms with Gasteiger partial charge in [-0.2, -0.15) is 0 Å². The Morgan fingerprint density at radius 1 is 1.30 bits per heavy atom. The number of ether oxygens (including phenoxy) is 1. The van der Waals surface area contributed by atoms with E-state index in [9.17, 15) is 0 Å². The zero-order valence-electron chi connectivity index (χ0n) is 12.6. The number of fused-ring (bicyclic) bond motifs is 2. The topological polar surface area (TPSA) is 38.5 Å². The Kier molecular flexibility index (Phi) is 3.88. The molecule has 2 N–H and O–H groups in total. The lowest BCUT2D eigenvalue weighted by Gasteiger charge is -2.27. The summed E-state index contributed by atoms with van der Waals surface area (Å²) in [4.78, 5) is 2.43. The molecule has 0 aliphatic heterocycles. The van der Waals surface area contributed by atoms with Crippen LogP contribution in [0.2, 0.25) is 0 Å². The average molecular weight is 274 g/mol. The van der Waals surface area contributed by atoms with Gasteiger partial charge in [-0.15, -0.1) is 0 Å². The Balaban J connectivity index is 1.60. The number of hydrogen-bond donors (Lipinski definition) is 1. The number of hydrogen-bond acceptors (Lipinski definition) is 3. The molecule has 3 atom stereocenters. The van der Waals surface area contributed by atoms with Crippen LogP contribution in [0, 0.1) is 17.8 Å². The molecule has 0 spiro atoms. The smallest absolute Gasteiger partial charge is 0.119 e. The van der Waals surface area contributed by atoms with Gasteiger partial charge in [0.05, 0.1) is 7.11 Å². The minimum atomic E-state index is 0.866. The molecule has 3 rings (SSSR count). The lowest BCUT2D eigenvalue weighted by Crippen LogP contribution is -2.28. The van der Waals surface area contributed by atoms with Crippen molar-refractivity contribution in [1.82, 2.24) is 4.90 Å². The first-order valence-corrected chi connectivity index (χ1v) is 7.76. The van der Waals surface area contributed by atoms with Crippen LogP contribution in [-0.2, 0) is 6.54 Å². The second-order valence-electron chi connectivity index (χ2n) is 6.70. The fraction of sp³-hybridized carbons (Fsp3) is 0.647. The van der Waals surface area contributed by atoms with Gasteiger partial charge in [-0.25, -0.2) is 0 Å². The number of methoxy groups -OCH3 is 1. The van der Waals surface area contributed by atoms with E-state index in [1.54, 1.807) is 7.11 Å². The van der Waals surface area contributed by atoms with Gasteiger partial charge in [0.25, 0.3) is 0 Å². The maximum absolute atomic E-state index is 6.08. The molecule has 0 amide bonds. The Labute approximate surface area is 122 Å². The van der Waals surface area contributed by atoms with Crippen LogP contribution in [0.3, 0.4) is 0 Å². The van der Waals surface area contributed by atoms with Crippen molar-refractivity contribution >= 4 is 5.69 Å². The summed E-state index contributed by atoms with van der Waals surface area (Å²) in [7, 11) is 3.92. The largest absolute Gasteiger partial charge is 0.497 e. The summed E-state index contributed by atoms with van der Waals surface area (Å²) in [5, 5.41) is 0. The predicted molar refractivity (Wildman–Crippen MR) is 82.7 cm³/mol. The molecule has 3 nitrogen and oxygen atoms in total. The highest BCUT2D eigenvalue weighted by atomic mass is 16.5. The van der Waals surface area contributed by atoms with Crippen LogP contribution in [0.5, 0.6) is 5.75 Å². The lowest BCUT2D eigenvalue weighted by atomic mass is 9.88. The summed E-state index contributed by atoms with van der Waals surface area (Å²) in [6.45, 7) is 2.12. The molecule has 1 aromatic rings. The van der Waals surface area contributed by atoms with Crippen LogP contribution in [0.1, 0.15) is 31.2 Å². The van der Waals surface area contributed by atoms with Crippen LogP contribution in [0.25, 0.3) is 0 Å². The van der Waals surface area contributed by atoms with Gasteiger partial charge in [0.2, 0.25) is 0 Å². The van der Waals surface area contributed by atoms with Crippen molar-refractivity contribution in [3.8, 4) is 5.75 Å². The van der Waals surface area contributed by atoms with Crippen molar-refractivity contribution in [2.75, 3.05) is 26.4 Å². The van der Waals surface area contributed by atoms with E-state index in [0.717, 1.165) is 35.7 Å². The van der Waals surface area contributed by atoms with Gasteiger partial charge >= 0.3 is 0 Å². The predicted octanol–water partition coefficient (Wildman–Crippen LogP) is 3.15. The van der Waals surface area contributed by atoms with Crippen LogP contribution < -0.4 is 10.5 Å². The lowest BCUT2D eigenvalue weighted by molar-refractivity contribution is 0.214. The highest BCUT2D eigenvalue weighted by Gasteiger charge is 2.39. The summed E-state index contributed by atoms with van der Waals surface area (Å²) in [5.41, 5.74) is 8.12. The zero-order valence-corrected chi connectivity index (χ0v) is 12.6. The zero-order chi connectivity index (χ0) is 14.1. The maximum Gasteiger partial charge on any atom is 0.119 e. The number of nitrogen functional groups attached to an aromatic ring is 1. The van der Waals surface area contributed by atoms with Gasteiger partial charge < -0.3 is 15.4 Å². The van der Waals surface area contributed by atoms with E-state index in [0.29, 0.717) is 0 Å². The van der Waals surface area contributed by atoms with Crippen molar-refractivity contribution < 1.29 is 4.74 Å². The fourth-order valence-electron chi connectivity index (χ4n) is 4.20. The summed E-state index contributed by atoms with van der Waals surface area (Å²) in [6, 6.07) is 5.93. The van der Waals surface area contributed by atoms with E-state index in [1.807, 2.05) is 12.1 Å². The molecule has 3 heteroatoms. The van der Waals surface area contributed by atoms with Crippen LogP contribution >= 0.6 is 0 Å². The SMILES string of the molecule is COc1ccc(N)c(CN(C)CC2CC3CCC2C3)c1. The standard InChI is InChI=1S/C17H26N2O/c1-19(10-14-8-12-3-4-13(14)7-12)11-15-9-16(20-2)5-6-17(15)18/h5-6,9,12-14H,3-4,7-8,10-11,18H2,1-2H3. The fourth-order valence-corrected chi connectivity index (χ4v) is 4.20. The number of nitrogens with two attached hydrogens (primary N) is 1. The molecule has 110 valence electrons. The van der Waals surface area contributed by atoms with Gasteiger partial charge in [-0.05, 0) is 67.8 Å². The van der Waals surface area contributed by atoms with Crippen LogP contribution in [0.15, 0.2) is 18.2 Å². The summed E-state index contributed by atoms with van der Waals surface area (Å²) in [5.74, 6) is 3.82. The first-order valence-electron chi connectivity index (χ1n) is 7.76. The molecule has 2 saturated carbocycles. The highest BCUT2D eigenvalue weighted by molar-refractivity contribution is 5.50. The van der Waals surface area contributed by atoms with E-state index < -0.39 is 0 Å². The van der Waals surface area contributed by atoms with Crippen molar-refractivity contribution in [1.29, 1.82) is 0 Å². The van der Waals surface area contributed by atoms with Crippen molar-refractivity contribution in [3.05, 3.63) is 23.8 Å². The van der Waals surface area contributed by atoms with E-state index in [2.05, 4.69) is 18.0 Å². The van der Waals surface area contributed by atoms with Gasteiger partial charge in [-0.3, -0.25) is 0 Å². The number of nitrogens with zero attached hydrogens (tertiary/aromatic N) is 1. The van der Waals surface area contributed by atoms with Gasteiger partial charge in [0.1, 0.15) is 5.75 Å². The summed E-state index contributed by atoms with van der Waals surface area (Å²) >= 11 is 0. The average Bonchev–Trinajstić information content (AvgIpc) is 3.03. The molecule has 1 aromatic carbocycles. The molecule has 0 heterocycles. The number of benzene rings is 1. The monoisotopic (exact) mass is 274 g/mol. The van der Waals surface area contributed by atoms with Gasteiger partial charge in [-0.1, -0.05) is 6.42 Å². The molecule has 0 saturated heterocycles. The molecule has 2 bridgehead atoms. The summed E-state index contributed by atoms with van der Waals surface area (Å²) in [6.07, 6.45) is 5.88. The summed E-state index contributed by atoms with van der Waals surface area (Å²) < 4.78 is 5.29. The molecular weight excluding hydrogens is 248 g/mol. The van der Waals surface area contributed by atoms with E-state index in [4.69, 9.17) is 10.5 Å². The molecular formula is C17H26N2O. The van der Waals surface area contributed by atoms with Gasteiger partial charge in [0, 0.05) is 18.8 Å². The van der Waals surface area contributed by atoms with E-state index in [-0.39, 0.29) is 0 Å². The van der Waals surface area contributed by atoms with Crippen LogP contribution in [0.4, 0.5) is 5.69 Å². The third-order valence-corrected chi connectivity index (χ3v) is 5.22. The maximum atomic E-state index is 6.08. The van der Waals surface area contributed by atoms with Crippen molar-refractivity contribution in [2.45, 2.75) is 32.2 Å². The Bertz CT molecular complexity index is 474. The molecule has 0 aromatic heterocycles. The molecule has 2 fully saturated rings. The minimum absolute atomic E-state index is 0.866. The van der Waals surface area contributed by atoms with E-state index >= 15 is 0 Å². The Hall–Kier alpha value is -1.22. The molecule has 2 aliphatic carbocycles.